The van der Waals surface area contributed by atoms with E-state index in [0.717, 1.165) is 12.8 Å². The number of rotatable bonds is 10. The fourth-order valence-electron chi connectivity index (χ4n) is 3.43. The first-order valence-electron chi connectivity index (χ1n) is 10.8. The maximum absolute atomic E-state index is 13.0. The topological polar surface area (TPSA) is 131 Å². The number of carbonyl (C=O) groups is 4. The van der Waals surface area contributed by atoms with E-state index < -0.39 is 11.8 Å². The van der Waals surface area contributed by atoms with Gasteiger partial charge in [-0.2, -0.15) is 0 Å². The lowest BCUT2D eigenvalue weighted by Gasteiger charge is -2.23. The molecule has 1 aliphatic heterocycles. The number of amides is 3. The van der Waals surface area contributed by atoms with Crippen LogP contribution < -0.4 is 15.5 Å². The maximum atomic E-state index is 13.0. The van der Waals surface area contributed by atoms with Crippen molar-refractivity contribution in [1.82, 2.24) is 10.5 Å². The van der Waals surface area contributed by atoms with Crippen LogP contribution in [-0.2, 0) is 19.1 Å². The molecule has 10 nitrogen and oxygen atoms in total. The third kappa shape index (κ3) is 7.25. The van der Waals surface area contributed by atoms with Gasteiger partial charge in [0.1, 0.15) is 12.3 Å². The second kappa shape index (κ2) is 11.4. The van der Waals surface area contributed by atoms with Crippen molar-refractivity contribution in [3.8, 4) is 0 Å². The molecule has 33 heavy (non-hydrogen) atoms. The third-order valence-electron chi connectivity index (χ3n) is 5.18. The molecule has 1 aromatic heterocycles. The third-order valence-corrected chi connectivity index (χ3v) is 5.18. The number of nitrogens with zero attached hydrogens (tertiary/aromatic N) is 2. The molecular weight excluding hydrogens is 428 g/mol. The average molecular weight is 456 g/mol. The second-order valence-electron chi connectivity index (χ2n) is 7.90. The van der Waals surface area contributed by atoms with Crippen molar-refractivity contribution < 1.29 is 28.4 Å². The van der Waals surface area contributed by atoms with Gasteiger partial charge in [-0.25, -0.2) is 0 Å². The quantitative estimate of drug-likeness (QED) is 0.524. The van der Waals surface area contributed by atoms with Crippen molar-refractivity contribution in [2.24, 2.45) is 0 Å². The summed E-state index contributed by atoms with van der Waals surface area (Å²) in [4.78, 5) is 50.8. The SMILES string of the molecule is CC(=O)c1cccc(N(CC(=O)NCC2CCCO2)C(=O)CCC(=O)Nc2cc(C)on2)c1. The molecule has 1 aromatic carbocycles. The minimum absolute atomic E-state index is 0.0250. The van der Waals surface area contributed by atoms with Crippen molar-refractivity contribution in [2.75, 3.05) is 29.9 Å². The standard InChI is InChI=1S/C23H28N4O6/c1-15-11-20(26-33-15)25-21(29)8-9-23(31)27(18-6-3-5-17(12-18)16(2)28)14-22(30)24-13-19-7-4-10-32-19/h3,5-6,11-12,19H,4,7-10,13-14H2,1-2H3,(H,24,30)(H,25,26,29). The van der Waals surface area contributed by atoms with E-state index in [2.05, 4.69) is 15.8 Å². The van der Waals surface area contributed by atoms with E-state index in [9.17, 15) is 19.2 Å². The number of aromatic nitrogens is 1. The van der Waals surface area contributed by atoms with E-state index in [-0.39, 0.29) is 43.0 Å². The monoisotopic (exact) mass is 456 g/mol. The summed E-state index contributed by atoms with van der Waals surface area (Å²) in [5.41, 5.74) is 0.830. The molecule has 3 rings (SSSR count). The summed E-state index contributed by atoms with van der Waals surface area (Å²) >= 11 is 0. The van der Waals surface area contributed by atoms with Crippen LogP contribution in [0.25, 0.3) is 0 Å². The van der Waals surface area contributed by atoms with E-state index in [1.165, 1.54) is 11.8 Å². The fourth-order valence-corrected chi connectivity index (χ4v) is 3.43. The highest BCUT2D eigenvalue weighted by molar-refractivity contribution is 6.02. The number of hydrogen-bond acceptors (Lipinski definition) is 7. The van der Waals surface area contributed by atoms with Gasteiger partial charge in [-0.3, -0.25) is 19.2 Å². The van der Waals surface area contributed by atoms with Crippen LogP contribution in [0.3, 0.4) is 0 Å². The summed E-state index contributed by atoms with van der Waals surface area (Å²) in [6.45, 7) is 3.93. The molecule has 0 bridgehead atoms. The normalized spacial score (nSPS) is 15.2. The van der Waals surface area contributed by atoms with Gasteiger partial charge < -0.3 is 24.8 Å². The number of Topliss-reactive ketones (excluding diaryl/α,β-unsaturated/α-hetero) is 1. The molecule has 0 radical (unpaired) electrons. The summed E-state index contributed by atoms with van der Waals surface area (Å²) in [5.74, 6) is -0.522. The molecule has 10 heteroatoms. The highest BCUT2D eigenvalue weighted by Crippen LogP contribution is 2.19. The van der Waals surface area contributed by atoms with Gasteiger partial charge in [0.15, 0.2) is 11.6 Å². The van der Waals surface area contributed by atoms with Crippen LogP contribution >= 0.6 is 0 Å². The molecule has 2 heterocycles. The van der Waals surface area contributed by atoms with Gasteiger partial charge >= 0.3 is 0 Å². The van der Waals surface area contributed by atoms with Crippen LogP contribution in [0, 0.1) is 6.92 Å². The Morgan fingerprint density at radius 3 is 2.64 bits per heavy atom. The van der Waals surface area contributed by atoms with Crippen LogP contribution in [0.1, 0.15) is 48.7 Å². The van der Waals surface area contributed by atoms with Gasteiger partial charge in [0, 0.05) is 43.3 Å². The largest absolute Gasteiger partial charge is 0.376 e. The van der Waals surface area contributed by atoms with Crippen LogP contribution in [-0.4, -0.2) is 54.5 Å². The maximum Gasteiger partial charge on any atom is 0.240 e. The van der Waals surface area contributed by atoms with Gasteiger partial charge in [-0.05, 0) is 38.8 Å². The number of ether oxygens (including phenoxy) is 1. The lowest BCUT2D eigenvalue weighted by Crippen LogP contribution is -2.43. The van der Waals surface area contributed by atoms with Crippen LogP contribution in [0.5, 0.6) is 0 Å². The predicted octanol–water partition coefficient (Wildman–Crippen LogP) is 2.23. The first-order chi connectivity index (χ1) is 15.8. The van der Waals surface area contributed by atoms with Crippen LogP contribution in [0.4, 0.5) is 11.5 Å². The molecule has 0 aliphatic carbocycles. The molecule has 0 saturated carbocycles. The Kier molecular flexibility index (Phi) is 8.31. The van der Waals surface area contributed by atoms with Crippen LogP contribution in [0.15, 0.2) is 34.9 Å². The Labute approximate surface area is 191 Å². The second-order valence-corrected chi connectivity index (χ2v) is 7.90. The van der Waals surface area contributed by atoms with E-state index in [1.54, 1.807) is 37.3 Å². The van der Waals surface area contributed by atoms with Crippen molar-refractivity contribution >= 4 is 35.0 Å². The number of nitrogens with one attached hydrogen (secondary N) is 2. The van der Waals surface area contributed by atoms with Crippen molar-refractivity contribution in [1.29, 1.82) is 0 Å². The Balaban J connectivity index is 1.65. The number of benzene rings is 1. The fraction of sp³-hybridized carbons (Fsp3) is 0.435. The summed E-state index contributed by atoms with van der Waals surface area (Å²) < 4.78 is 10.4. The zero-order valence-corrected chi connectivity index (χ0v) is 18.8. The number of ketones is 1. The zero-order valence-electron chi connectivity index (χ0n) is 18.8. The van der Waals surface area contributed by atoms with E-state index in [4.69, 9.17) is 9.26 Å². The lowest BCUT2D eigenvalue weighted by atomic mass is 10.1. The number of anilines is 2. The first-order valence-corrected chi connectivity index (χ1v) is 10.8. The minimum Gasteiger partial charge on any atom is -0.376 e. The lowest BCUT2D eigenvalue weighted by molar-refractivity contribution is -0.125. The molecule has 3 amide bonds. The van der Waals surface area contributed by atoms with Gasteiger partial charge in [0.2, 0.25) is 17.7 Å². The van der Waals surface area contributed by atoms with E-state index in [1.807, 2.05) is 0 Å². The molecule has 1 saturated heterocycles. The molecule has 2 N–H and O–H groups in total. The number of carbonyl (C=O) groups excluding carboxylic acids is 4. The molecule has 0 spiro atoms. The highest BCUT2D eigenvalue weighted by Gasteiger charge is 2.22. The van der Waals surface area contributed by atoms with Gasteiger partial charge in [0.25, 0.3) is 0 Å². The van der Waals surface area contributed by atoms with Crippen molar-refractivity contribution in [3.63, 3.8) is 0 Å². The molecule has 2 aromatic rings. The highest BCUT2D eigenvalue weighted by atomic mass is 16.5. The molecule has 1 atom stereocenters. The summed E-state index contributed by atoms with van der Waals surface area (Å²) in [6, 6.07) is 8.06. The Morgan fingerprint density at radius 1 is 1.15 bits per heavy atom. The van der Waals surface area contributed by atoms with Crippen molar-refractivity contribution in [2.45, 2.75) is 45.6 Å². The van der Waals surface area contributed by atoms with Gasteiger partial charge in [-0.1, -0.05) is 17.3 Å². The first kappa shape index (κ1) is 24.1. The molecule has 176 valence electrons. The van der Waals surface area contributed by atoms with E-state index in [0.29, 0.717) is 30.2 Å². The predicted molar refractivity (Wildman–Crippen MR) is 120 cm³/mol. The summed E-state index contributed by atoms with van der Waals surface area (Å²) in [7, 11) is 0. The van der Waals surface area contributed by atoms with Gasteiger partial charge in [0.05, 0.1) is 6.10 Å². The molecule has 1 unspecified atom stereocenters. The number of aryl methyl sites for hydroxylation is 1. The van der Waals surface area contributed by atoms with Gasteiger partial charge in [-0.15, -0.1) is 0 Å². The summed E-state index contributed by atoms with van der Waals surface area (Å²) in [5, 5.41) is 9.04. The Bertz CT molecular complexity index is 1010. The smallest absolute Gasteiger partial charge is 0.240 e. The zero-order chi connectivity index (χ0) is 23.8. The Morgan fingerprint density at radius 2 is 1.97 bits per heavy atom. The molecule has 1 fully saturated rings. The molecule has 1 aliphatic rings. The van der Waals surface area contributed by atoms with Crippen LogP contribution in [0.2, 0.25) is 0 Å². The average Bonchev–Trinajstić information content (AvgIpc) is 3.46. The Hall–Kier alpha value is -3.53. The van der Waals surface area contributed by atoms with E-state index >= 15 is 0 Å². The summed E-state index contributed by atoms with van der Waals surface area (Å²) in [6.07, 6.45) is 1.57. The minimum atomic E-state index is -0.422. The molecular formula is C23H28N4O6. The number of hydrogen-bond donors (Lipinski definition) is 2. The van der Waals surface area contributed by atoms with Crippen molar-refractivity contribution in [3.05, 3.63) is 41.7 Å².